The first-order valence-electron chi connectivity index (χ1n) is 7.93. The molecule has 1 N–H and O–H groups in total. The third-order valence-corrected chi connectivity index (χ3v) is 4.59. The van der Waals surface area contributed by atoms with E-state index in [2.05, 4.69) is 61.1 Å². The van der Waals surface area contributed by atoms with E-state index in [-0.39, 0.29) is 0 Å². The van der Waals surface area contributed by atoms with Crippen molar-refractivity contribution in [1.29, 1.82) is 0 Å². The highest BCUT2D eigenvalue weighted by atomic mass is 79.9. The van der Waals surface area contributed by atoms with Gasteiger partial charge in [-0.1, -0.05) is 27.7 Å². The molecule has 0 aliphatic carbocycles. The summed E-state index contributed by atoms with van der Waals surface area (Å²) in [6.45, 7) is 10.1. The number of hydrogen-bond donors (Lipinski definition) is 1. The van der Waals surface area contributed by atoms with Gasteiger partial charge in [0.25, 0.3) is 0 Å². The molecule has 1 atom stereocenters. The molecule has 1 unspecified atom stereocenters. The quantitative estimate of drug-likeness (QED) is 0.731. The van der Waals surface area contributed by atoms with Crippen molar-refractivity contribution in [3.05, 3.63) is 15.9 Å². The number of aromatic nitrogens is 2. The van der Waals surface area contributed by atoms with Crippen LogP contribution in [0.4, 0.5) is 0 Å². The highest BCUT2D eigenvalue weighted by molar-refractivity contribution is 9.10. The van der Waals surface area contributed by atoms with Crippen molar-refractivity contribution >= 4 is 15.9 Å². The maximum atomic E-state index is 4.58. The second-order valence-corrected chi connectivity index (χ2v) is 6.80. The largest absolute Gasteiger partial charge is 0.314 e. The van der Waals surface area contributed by atoms with Crippen LogP contribution in [0.5, 0.6) is 0 Å². The lowest BCUT2D eigenvalue weighted by atomic mass is 9.98. The Labute approximate surface area is 132 Å². The molecule has 0 aromatic carbocycles. The van der Waals surface area contributed by atoms with Crippen LogP contribution in [0.1, 0.15) is 58.3 Å². The molecule has 1 aromatic heterocycles. The van der Waals surface area contributed by atoms with Crippen LogP contribution in [0, 0.1) is 5.92 Å². The van der Waals surface area contributed by atoms with Gasteiger partial charge in [-0.25, -0.2) is 0 Å². The van der Waals surface area contributed by atoms with Gasteiger partial charge in [0.1, 0.15) is 0 Å². The minimum Gasteiger partial charge on any atom is -0.314 e. The predicted octanol–water partition coefficient (Wildman–Crippen LogP) is 4.09. The molecule has 0 radical (unpaired) electrons. The molecule has 1 aromatic rings. The summed E-state index contributed by atoms with van der Waals surface area (Å²) >= 11 is 3.71. The monoisotopic (exact) mass is 343 g/mol. The van der Waals surface area contributed by atoms with Gasteiger partial charge in [0.15, 0.2) is 0 Å². The molecule has 0 spiro atoms. The van der Waals surface area contributed by atoms with Gasteiger partial charge in [-0.15, -0.1) is 0 Å². The van der Waals surface area contributed by atoms with Crippen LogP contribution in [0.15, 0.2) is 4.47 Å². The van der Waals surface area contributed by atoms with Crippen molar-refractivity contribution in [1.82, 2.24) is 15.1 Å². The number of nitrogens with one attached hydrogen (secondary N) is 1. The molecule has 0 bridgehead atoms. The van der Waals surface area contributed by atoms with E-state index in [1.54, 1.807) is 0 Å². The maximum absolute atomic E-state index is 4.58. The number of halogens is 1. The molecule has 116 valence electrons. The molecule has 3 nitrogen and oxygen atoms in total. The van der Waals surface area contributed by atoms with Crippen molar-refractivity contribution in [2.45, 2.75) is 65.8 Å². The Balaban J connectivity index is 2.64. The van der Waals surface area contributed by atoms with Gasteiger partial charge >= 0.3 is 0 Å². The normalized spacial score (nSPS) is 13.2. The Morgan fingerprint density at radius 1 is 1.30 bits per heavy atom. The molecule has 0 saturated heterocycles. The SMILES string of the molecule is CCCNC(CCc1c(Br)c(CC)nn1C)CC(C)C. The number of rotatable bonds is 9. The lowest BCUT2D eigenvalue weighted by Gasteiger charge is -2.20. The molecule has 0 aliphatic rings. The average Bonchev–Trinajstić information content (AvgIpc) is 2.67. The van der Waals surface area contributed by atoms with Crippen LogP contribution in [-0.2, 0) is 19.9 Å². The minimum atomic E-state index is 0.613. The van der Waals surface area contributed by atoms with Gasteiger partial charge in [-0.2, -0.15) is 5.10 Å². The van der Waals surface area contributed by atoms with Crippen LogP contribution in [0.3, 0.4) is 0 Å². The minimum absolute atomic E-state index is 0.613. The van der Waals surface area contributed by atoms with Crippen LogP contribution in [0.25, 0.3) is 0 Å². The molecule has 0 amide bonds. The summed E-state index contributed by atoms with van der Waals surface area (Å²) < 4.78 is 3.25. The van der Waals surface area contributed by atoms with E-state index in [4.69, 9.17) is 0 Å². The third kappa shape index (κ3) is 5.21. The van der Waals surface area contributed by atoms with Gasteiger partial charge < -0.3 is 5.32 Å². The highest BCUT2D eigenvalue weighted by Crippen LogP contribution is 2.23. The van der Waals surface area contributed by atoms with E-state index in [1.165, 1.54) is 35.1 Å². The molecule has 1 heterocycles. The Bertz CT molecular complexity index is 399. The Morgan fingerprint density at radius 2 is 2.00 bits per heavy atom. The first-order chi connectivity index (χ1) is 9.49. The molecule has 4 heteroatoms. The van der Waals surface area contributed by atoms with Gasteiger partial charge in [-0.05, 0) is 60.5 Å². The molecule has 1 rings (SSSR count). The summed E-state index contributed by atoms with van der Waals surface area (Å²) in [6, 6.07) is 0.613. The summed E-state index contributed by atoms with van der Waals surface area (Å²) in [7, 11) is 2.05. The summed E-state index contributed by atoms with van der Waals surface area (Å²) in [4.78, 5) is 0. The van der Waals surface area contributed by atoms with Crippen molar-refractivity contribution in [2.24, 2.45) is 13.0 Å². The van der Waals surface area contributed by atoms with Crippen LogP contribution in [-0.4, -0.2) is 22.4 Å². The molecule has 20 heavy (non-hydrogen) atoms. The second-order valence-electron chi connectivity index (χ2n) is 6.00. The summed E-state index contributed by atoms with van der Waals surface area (Å²) in [5.74, 6) is 0.741. The summed E-state index contributed by atoms with van der Waals surface area (Å²) in [5, 5.41) is 8.26. The van der Waals surface area contributed by atoms with Crippen LogP contribution >= 0.6 is 15.9 Å². The van der Waals surface area contributed by atoms with E-state index < -0.39 is 0 Å². The molecule has 0 aliphatic heterocycles. The van der Waals surface area contributed by atoms with E-state index in [0.29, 0.717) is 6.04 Å². The van der Waals surface area contributed by atoms with Crippen molar-refractivity contribution in [3.8, 4) is 0 Å². The van der Waals surface area contributed by atoms with E-state index >= 15 is 0 Å². The summed E-state index contributed by atoms with van der Waals surface area (Å²) in [5.41, 5.74) is 2.50. The fourth-order valence-corrected chi connectivity index (χ4v) is 3.44. The van der Waals surface area contributed by atoms with Gasteiger partial charge in [0.05, 0.1) is 15.9 Å². The van der Waals surface area contributed by atoms with Gasteiger partial charge in [0.2, 0.25) is 0 Å². The fraction of sp³-hybridized carbons (Fsp3) is 0.812. The predicted molar refractivity (Wildman–Crippen MR) is 90.1 cm³/mol. The Hall–Kier alpha value is -0.350. The zero-order chi connectivity index (χ0) is 15.1. The standard InChI is InChI=1S/C16H30BrN3/c1-6-10-18-13(11-12(3)4)8-9-15-16(17)14(7-2)19-20(15)5/h12-13,18H,6-11H2,1-5H3. The smallest absolute Gasteiger partial charge is 0.0766 e. The Kier molecular flexibility index (Phi) is 7.82. The number of nitrogens with zero attached hydrogens (tertiary/aromatic N) is 2. The lowest BCUT2D eigenvalue weighted by molar-refractivity contribution is 0.395. The third-order valence-electron chi connectivity index (χ3n) is 3.67. The Morgan fingerprint density at radius 3 is 2.50 bits per heavy atom. The van der Waals surface area contributed by atoms with Gasteiger partial charge in [-0.3, -0.25) is 4.68 Å². The van der Waals surface area contributed by atoms with Crippen molar-refractivity contribution < 1.29 is 0 Å². The molecule has 0 fully saturated rings. The van der Waals surface area contributed by atoms with Crippen molar-refractivity contribution in [3.63, 3.8) is 0 Å². The highest BCUT2D eigenvalue weighted by Gasteiger charge is 2.15. The van der Waals surface area contributed by atoms with E-state index in [9.17, 15) is 0 Å². The van der Waals surface area contributed by atoms with E-state index in [0.717, 1.165) is 25.3 Å². The first-order valence-corrected chi connectivity index (χ1v) is 8.72. The lowest BCUT2D eigenvalue weighted by Crippen LogP contribution is -2.31. The number of hydrogen-bond acceptors (Lipinski definition) is 2. The first kappa shape index (κ1) is 17.7. The summed E-state index contributed by atoms with van der Waals surface area (Å²) in [6.07, 6.45) is 5.69. The van der Waals surface area contributed by atoms with E-state index in [1.807, 2.05) is 4.68 Å². The maximum Gasteiger partial charge on any atom is 0.0766 e. The zero-order valence-electron chi connectivity index (χ0n) is 13.7. The molecular weight excluding hydrogens is 314 g/mol. The second kappa shape index (κ2) is 8.83. The van der Waals surface area contributed by atoms with Crippen molar-refractivity contribution in [2.75, 3.05) is 6.54 Å². The molecular formula is C16H30BrN3. The van der Waals surface area contributed by atoms with Gasteiger partial charge in [0, 0.05) is 13.1 Å². The zero-order valence-corrected chi connectivity index (χ0v) is 15.3. The van der Waals surface area contributed by atoms with Crippen LogP contribution < -0.4 is 5.32 Å². The average molecular weight is 344 g/mol. The topological polar surface area (TPSA) is 29.9 Å². The van der Waals surface area contributed by atoms with Crippen LogP contribution in [0.2, 0.25) is 0 Å². The fourth-order valence-electron chi connectivity index (χ4n) is 2.62. The molecule has 0 saturated carbocycles. The number of aryl methyl sites for hydroxylation is 2.